The van der Waals surface area contributed by atoms with Crippen molar-refractivity contribution in [2.75, 3.05) is 0 Å². The van der Waals surface area contributed by atoms with Crippen LogP contribution in [-0.4, -0.2) is 16.9 Å². The molecule has 5 nitrogen and oxygen atoms in total. The molecule has 5 heteroatoms. The molecule has 0 radical (unpaired) electrons. The molecule has 4 rings (SSSR count). The van der Waals surface area contributed by atoms with Crippen LogP contribution in [0.2, 0.25) is 0 Å². The Kier molecular flexibility index (Phi) is 4.44. The number of H-pyrrole nitrogens is 1. The van der Waals surface area contributed by atoms with Crippen molar-refractivity contribution in [1.82, 2.24) is 4.98 Å². The number of carbonyl (C=O) groups excluding carboxylic acids is 2. The van der Waals surface area contributed by atoms with Gasteiger partial charge in [-0.05, 0) is 66.6 Å². The Bertz CT molecular complexity index is 1020. The third-order valence-electron chi connectivity index (χ3n) is 5.28. The number of nitrogens with two attached hydrogens (primary N) is 1. The second kappa shape index (κ2) is 6.91. The van der Waals surface area contributed by atoms with Crippen LogP contribution in [0, 0.1) is 5.92 Å². The topological polar surface area (TPSA) is 85.2 Å². The van der Waals surface area contributed by atoms with Crippen molar-refractivity contribution in [2.24, 2.45) is 11.7 Å². The highest BCUT2D eigenvalue weighted by Gasteiger charge is 2.20. The second-order valence-corrected chi connectivity index (χ2v) is 7.33. The predicted molar refractivity (Wildman–Crippen MR) is 104 cm³/mol. The van der Waals surface area contributed by atoms with E-state index in [0.717, 1.165) is 29.3 Å². The van der Waals surface area contributed by atoms with Crippen LogP contribution in [0.1, 0.15) is 50.9 Å². The molecule has 3 N–H and O–H groups in total. The molecule has 1 atom stereocenters. The van der Waals surface area contributed by atoms with Crippen LogP contribution >= 0.6 is 0 Å². The zero-order valence-electron chi connectivity index (χ0n) is 15.2. The number of fused-ring (bicyclic) bond motifs is 3. The SMILES string of the molecule is C[C@@H]1CCc2[nH]c3ccc(C(=O)OCc4ccc(C(N)=O)cc4)cc3c2C1. The molecule has 3 aromatic rings. The van der Waals surface area contributed by atoms with Crippen molar-refractivity contribution in [3.05, 3.63) is 70.4 Å². The van der Waals surface area contributed by atoms with Crippen molar-refractivity contribution in [1.29, 1.82) is 0 Å². The average molecular weight is 362 g/mol. The lowest BCUT2D eigenvalue weighted by atomic mass is 9.87. The fraction of sp³-hybridized carbons (Fsp3) is 0.273. The number of carbonyl (C=O) groups is 2. The number of aromatic amines is 1. The number of ether oxygens (including phenoxy) is 1. The minimum atomic E-state index is -0.476. The smallest absolute Gasteiger partial charge is 0.338 e. The van der Waals surface area contributed by atoms with Crippen molar-refractivity contribution in [2.45, 2.75) is 32.8 Å². The van der Waals surface area contributed by atoms with Crippen LogP contribution < -0.4 is 5.73 Å². The molecule has 1 aromatic heterocycles. The van der Waals surface area contributed by atoms with E-state index in [9.17, 15) is 9.59 Å². The van der Waals surface area contributed by atoms with Gasteiger partial charge >= 0.3 is 5.97 Å². The highest BCUT2D eigenvalue weighted by molar-refractivity contribution is 5.96. The third-order valence-corrected chi connectivity index (χ3v) is 5.28. The Balaban J connectivity index is 1.51. The van der Waals surface area contributed by atoms with E-state index in [2.05, 4.69) is 11.9 Å². The summed E-state index contributed by atoms with van der Waals surface area (Å²) < 4.78 is 5.44. The van der Waals surface area contributed by atoms with Crippen LogP contribution in [0.4, 0.5) is 0 Å². The van der Waals surface area contributed by atoms with Crippen LogP contribution in [0.3, 0.4) is 0 Å². The van der Waals surface area contributed by atoms with Gasteiger partial charge in [0, 0.05) is 22.2 Å². The van der Waals surface area contributed by atoms with Crippen LogP contribution in [-0.2, 0) is 24.2 Å². The van der Waals surface area contributed by atoms with Gasteiger partial charge in [0.25, 0.3) is 0 Å². The van der Waals surface area contributed by atoms with E-state index in [4.69, 9.17) is 10.5 Å². The maximum absolute atomic E-state index is 12.5. The van der Waals surface area contributed by atoms with Gasteiger partial charge in [-0.15, -0.1) is 0 Å². The monoisotopic (exact) mass is 362 g/mol. The molecule has 0 saturated heterocycles. The molecule has 1 heterocycles. The van der Waals surface area contributed by atoms with Gasteiger partial charge in [-0.1, -0.05) is 19.1 Å². The first kappa shape index (κ1) is 17.3. The highest BCUT2D eigenvalue weighted by Crippen LogP contribution is 2.32. The van der Waals surface area contributed by atoms with Crippen molar-refractivity contribution >= 4 is 22.8 Å². The minimum Gasteiger partial charge on any atom is -0.457 e. The molecule has 138 valence electrons. The Morgan fingerprint density at radius 3 is 2.63 bits per heavy atom. The van der Waals surface area contributed by atoms with Gasteiger partial charge in [-0.25, -0.2) is 4.79 Å². The molecule has 0 saturated carbocycles. The van der Waals surface area contributed by atoms with Gasteiger partial charge in [0.2, 0.25) is 5.91 Å². The van der Waals surface area contributed by atoms with E-state index in [1.165, 1.54) is 17.7 Å². The number of hydrogen-bond acceptors (Lipinski definition) is 3. The predicted octanol–water partition coefficient (Wildman–Crippen LogP) is 3.75. The third kappa shape index (κ3) is 3.45. The molecular weight excluding hydrogens is 340 g/mol. The van der Waals surface area contributed by atoms with E-state index in [1.807, 2.05) is 12.1 Å². The standard InChI is InChI=1S/C22H22N2O3/c1-13-2-8-19-17(10-13)18-11-16(7-9-20(18)24-19)22(26)27-12-14-3-5-15(6-4-14)21(23)25/h3-7,9,11,13,24H,2,8,10,12H2,1H3,(H2,23,25)/t13-/m1/s1. The number of aryl methyl sites for hydroxylation is 1. The van der Waals surface area contributed by atoms with Gasteiger partial charge in [0.15, 0.2) is 0 Å². The summed E-state index contributed by atoms with van der Waals surface area (Å²) in [6, 6.07) is 12.4. The maximum atomic E-state index is 12.5. The molecule has 0 fully saturated rings. The van der Waals surface area contributed by atoms with E-state index in [-0.39, 0.29) is 12.6 Å². The number of hydrogen-bond donors (Lipinski definition) is 2. The maximum Gasteiger partial charge on any atom is 0.338 e. The van der Waals surface area contributed by atoms with Gasteiger partial charge in [-0.3, -0.25) is 4.79 Å². The summed E-state index contributed by atoms with van der Waals surface area (Å²) in [5, 5.41) is 1.12. The van der Waals surface area contributed by atoms with Crippen LogP contribution in [0.15, 0.2) is 42.5 Å². The lowest BCUT2D eigenvalue weighted by Crippen LogP contribution is -2.11. The number of primary amides is 1. The zero-order chi connectivity index (χ0) is 19.0. The molecule has 1 amide bonds. The first-order valence-electron chi connectivity index (χ1n) is 9.20. The summed E-state index contributed by atoms with van der Waals surface area (Å²) >= 11 is 0. The van der Waals surface area contributed by atoms with Crippen molar-refractivity contribution in [3.63, 3.8) is 0 Å². The number of amides is 1. The van der Waals surface area contributed by atoms with Crippen molar-refractivity contribution in [3.8, 4) is 0 Å². The van der Waals surface area contributed by atoms with Crippen LogP contribution in [0.25, 0.3) is 10.9 Å². The van der Waals surface area contributed by atoms with E-state index < -0.39 is 5.91 Å². The number of rotatable bonds is 4. The zero-order valence-corrected chi connectivity index (χ0v) is 15.2. The molecule has 2 aromatic carbocycles. The highest BCUT2D eigenvalue weighted by atomic mass is 16.5. The first-order valence-corrected chi connectivity index (χ1v) is 9.20. The molecule has 0 aliphatic heterocycles. The summed E-state index contributed by atoms with van der Waals surface area (Å²) in [6.45, 7) is 2.42. The van der Waals surface area contributed by atoms with Crippen molar-refractivity contribution < 1.29 is 14.3 Å². The number of aromatic nitrogens is 1. The van der Waals surface area contributed by atoms with E-state index in [1.54, 1.807) is 30.3 Å². The summed E-state index contributed by atoms with van der Waals surface area (Å²) in [6.07, 6.45) is 3.30. The molecular formula is C22H22N2O3. The number of nitrogens with one attached hydrogen (secondary N) is 1. The van der Waals surface area contributed by atoms with Crippen LogP contribution in [0.5, 0.6) is 0 Å². The summed E-state index contributed by atoms with van der Waals surface area (Å²) in [7, 11) is 0. The minimum absolute atomic E-state index is 0.151. The molecule has 1 aliphatic carbocycles. The summed E-state index contributed by atoms with van der Waals surface area (Å²) in [4.78, 5) is 27.1. The van der Waals surface area contributed by atoms with Gasteiger partial charge in [0.05, 0.1) is 5.56 Å². The second-order valence-electron chi connectivity index (χ2n) is 7.33. The Morgan fingerprint density at radius 1 is 1.15 bits per heavy atom. The lowest BCUT2D eigenvalue weighted by Gasteiger charge is -2.18. The Hall–Kier alpha value is -3.08. The molecule has 0 unspecified atom stereocenters. The molecule has 0 bridgehead atoms. The molecule has 0 spiro atoms. The quantitative estimate of drug-likeness (QED) is 0.693. The van der Waals surface area contributed by atoms with E-state index in [0.29, 0.717) is 17.0 Å². The molecule has 1 aliphatic rings. The fourth-order valence-corrected chi connectivity index (χ4v) is 3.72. The normalized spacial score (nSPS) is 16.1. The first-order chi connectivity index (χ1) is 13.0. The fourth-order valence-electron chi connectivity index (χ4n) is 3.72. The number of benzene rings is 2. The Morgan fingerprint density at radius 2 is 1.89 bits per heavy atom. The van der Waals surface area contributed by atoms with Gasteiger partial charge in [-0.2, -0.15) is 0 Å². The van der Waals surface area contributed by atoms with E-state index >= 15 is 0 Å². The Labute approximate surface area is 157 Å². The average Bonchev–Trinajstić information content (AvgIpc) is 3.03. The number of esters is 1. The molecule has 27 heavy (non-hydrogen) atoms. The lowest BCUT2D eigenvalue weighted by molar-refractivity contribution is 0.0472. The largest absolute Gasteiger partial charge is 0.457 e. The van der Waals surface area contributed by atoms with Gasteiger partial charge < -0.3 is 15.5 Å². The summed E-state index contributed by atoms with van der Waals surface area (Å²) in [5.74, 6) is -0.166. The van der Waals surface area contributed by atoms with Gasteiger partial charge in [0.1, 0.15) is 6.61 Å². The summed E-state index contributed by atoms with van der Waals surface area (Å²) in [5.41, 5.74) is 10.7.